The summed E-state index contributed by atoms with van der Waals surface area (Å²) in [5.41, 5.74) is 1.09. The van der Waals surface area contributed by atoms with E-state index in [0.29, 0.717) is 32.8 Å². The van der Waals surface area contributed by atoms with Gasteiger partial charge in [-0.15, -0.1) is 0 Å². The zero-order valence-corrected chi connectivity index (χ0v) is 16.7. The SMILES string of the molecule is CC(Sc1nc2ccccc2c(=O)n1C(C)C)c1nc2ccccc2c(=O)[nH]1. The Morgan fingerprint density at radius 1 is 0.893 bits per heavy atom. The second-order valence-electron chi connectivity index (χ2n) is 6.91. The summed E-state index contributed by atoms with van der Waals surface area (Å²) < 4.78 is 1.70. The monoisotopic (exact) mass is 392 g/mol. The highest BCUT2D eigenvalue weighted by Gasteiger charge is 2.19. The fourth-order valence-electron chi connectivity index (χ4n) is 3.18. The van der Waals surface area contributed by atoms with Gasteiger partial charge in [-0.3, -0.25) is 14.2 Å². The number of nitrogens with one attached hydrogen (secondary N) is 1. The van der Waals surface area contributed by atoms with Gasteiger partial charge < -0.3 is 4.98 Å². The van der Waals surface area contributed by atoms with E-state index in [0.717, 1.165) is 0 Å². The summed E-state index contributed by atoms with van der Waals surface area (Å²) in [4.78, 5) is 37.5. The Morgan fingerprint density at radius 3 is 2.18 bits per heavy atom. The lowest BCUT2D eigenvalue weighted by Crippen LogP contribution is -2.25. The van der Waals surface area contributed by atoms with Crippen LogP contribution in [0.2, 0.25) is 0 Å². The smallest absolute Gasteiger partial charge is 0.262 e. The topological polar surface area (TPSA) is 80.6 Å². The van der Waals surface area contributed by atoms with Crippen LogP contribution in [0.1, 0.15) is 37.9 Å². The Kier molecular flexibility index (Phi) is 4.77. The van der Waals surface area contributed by atoms with Gasteiger partial charge in [0, 0.05) is 6.04 Å². The van der Waals surface area contributed by atoms with Crippen molar-refractivity contribution in [2.45, 2.75) is 37.2 Å². The van der Waals surface area contributed by atoms with E-state index in [9.17, 15) is 9.59 Å². The summed E-state index contributed by atoms with van der Waals surface area (Å²) in [5.74, 6) is 0.561. The first kappa shape index (κ1) is 18.4. The molecule has 6 nitrogen and oxygen atoms in total. The van der Waals surface area contributed by atoms with Gasteiger partial charge in [-0.2, -0.15) is 0 Å². The molecule has 2 heterocycles. The second-order valence-corrected chi connectivity index (χ2v) is 8.22. The van der Waals surface area contributed by atoms with Crippen LogP contribution in [0.4, 0.5) is 0 Å². The molecule has 4 rings (SSSR count). The molecule has 0 saturated heterocycles. The van der Waals surface area contributed by atoms with Crippen LogP contribution >= 0.6 is 11.8 Å². The van der Waals surface area contributed by atoms with Gasteiger partial charge in [0.15, 0.2) is 5.16 Å². The molecule has 0 saturated carbocycles. The van der Waals surface area contributed by atoms with E-state index in [-0.39, 0.29) is 22.4 Å². The van der Waals surface area contributed by atoms with Crippen LogP contribution in [0.5, 0.6) is 0 Å². The molecule has 1 N–H and O–H groups in total. The highest BCUT2D eigenvalue weighted by atomic mass is 32.2. The summed E-state index contributed by atoms with van der Waals surface area (Å²) in [6.07, 6.45) is 0. The number of benzene rings is 2. The molecular weight excluding hydrogens is 372 g/mol. The molecule has 0 aliphatic heterocycles. The van der Waals surface area contributed by atoms with Crippen LogP contribution in [0.15, 0.2) is 63.3 Å². The lowest BCUT2D eigenvalue weighted by molar-refractivity contribution is 0.518. The highest BCUT2D eigenvalue weighted by Crippen LogP contribution is 2.33. The molecule has 28 heavy (non-hydrogen) atoms. The third-order valence-electron chi connectivity index (χ3n) is 4.59. The molecule has 0 amide bonds. The first-order valence-corrected chi connectivity index (χ1v) is 10.0. The quantitative estimate of drug-likeness (QED) is 0.418. The third-order valence-corrected chi connectivity index (χ3v) is 5.67. The van der Waals surface area contributed by atoms with Crippen LogP contribution in [-0.2, 0) is 0 Å². The molecule has 1 unspecified atom stereocenters. The molecule has 4 aromatic rings. The summed E-state index contributed by atoms with van der Waals surface area (Å²) in [6.45, 7) is 5.87. The molecule has 1 atom stereocenters. The first-order valence-electron chi connectivity index (χ1n) is 9.12. The number of hydrogen-bond acceptors (Lipinski definition) is 5. The largest absolute Gasteiger partial charge is 0.309 e. The van der Waals surface area contributed by atoms with Gasteiger partial charge in [0.05, 0.1) is 27.1 Å². The van der Waals surface area contributed by atoms with Crippen molar-refractivity contribution in [3.05, 3.63) is 75.1 Å². The van der Waals surface area contributed by atoms with Crippen LogP contribution in [0.3, 0.4) is 0 Å². The average molecular weight is 392 g/mol. The zero-order chi connectivity index (χ0) is 19.8. The van der Waals surface area contributed by atoms with E-state index >= 15 is 0 Å². The van der Waals surface area contributed by atoms with E-state index in [2.05, 4.69) is 9.97 Å². The maximum absolute atomic E-state index is 13.0. The minimum atomic E-state index is -0.185. The number of aromatic amines is 1. The first-order chi connectivity index (χ1) is 13.5. The van der Waals surface area contributed by atoms with Gasteiger partial charge in [-0.05, 0) is 45.0 Å². The number of aromatic nitrogens is 4. The predicted octanol–water partition coefficient (Wildman–Crippen LogP) is 4.07. The number of para-hydroxylation sites is 2. The molecule has 0 bridgehead atoms. The van der Waals surface area contributed by atoms with Crippen LogP contribution in [0, 0.1) is 0 Å². The van der Waals surface area contributed by atoms with E-state index < -0.39 is 0 Å². The van der Waals surface area contributed by atoms with Crippen LogP contribution in [0.25, 0.3) is 21.8 Å². The molecule has 0 spiro atoms. The number of rotatable bonds is 4. The average Bonchev–Trinajstić information content (AvgIpc) is 2.68. The standard InChI is InChI=1S/C21H20N4O2S/c1-12(2)25-20(27)15-9-5-7-11-17(15)23-21(25)28-13(3)18-22-16-10-6-4-8-14(16)19(26)24-18/h4-13H,1-3H3,(H,22,24,26). The van der Waals surface area contributed by atoms with Gasteiger partial charge in [-0.1, -0.05) is 36.0 Å². The molecule has 0 fully saturated rings. The maximum atomic E-state index is 13.0. The number of fused-ring (bicyclic) bond motifs is 2. The summed E-state index contributed by atoms with van der Waals surface area (Å²) in [5, 5.41) is 1.59. The van der Waals surface area contributed by atoms with Crippen molar-refractivity contribution < 1.29 is 0 Å². The molecule has 142 valence electrons. The summed E-state index contributed by atoms with van der Waals surface area (Å²) in [7, 11) is 0. The number of thioether (sulfide) groups is 1. The van der Waals surface area contributed by atoms with Gasteiger partial charge in [0.2, 0.25) is 0 Å². The minimum absolute atomic E-state index is 0.0390. The Bertz CT molecular complexity index is 1290. The van der Waals surface area contributed by atoms with E-state index in [1.54, 1.807) is 16.7 Å². The number of H-pyrrole nitrogens is 1. The third kappa shape index (κ3) is 3.22. The predicted molar refractivity (Wildman–Crippen MR) is 113 cm³/mol. The molecule has 0 aliphatic rings. The van der Waals surface area contributed by atoms with Gasteiger partial charge in [-0.25, -0.2) is 9.97 Å². The van der Waals surface area contributed by atoms with Crippen molar-refractivity contribution in [3.8, 4) is 0 Å². The molecule has 2 aromatic heterocycles. The van der Waals surface area contributed by atoms with Crippen LogP contribution in [-0.4, -0.2) is 19.5 Å². The number of nitrogens with zero attached hydrogens (tertiary/aromatic N) is 3. The summed E-state index contributed by atoms with van der Waals surface area (Å²) in [6, 6.07) is 14.6. The normalized spacial score (nSPS) is 12.7. The highest BCUT2D eigenvalue weighted by molar-refractivity contribution is 7.99. The Hall–Kier alpha value is -2.93. The summed E-state index contributed by atoms with van der Waals surface area (Å²) >= 11 is 1.42. The van der Waals surface area contributed by atoms with E-state index in [4.69, 9.17) is 4.98 Å². The molecular formula is C21H20N4O2S. The van der Waals surface area contributed by atoms with Gasteiger partial charge >= 0.3 is 0 Å². The Labute approximate surface area is 165 Å². The second kappa shape index (κ2) is 7.24. The lowest BCUT2D eigenvalue weighted by atomic mass is 10.2. The Morgan fingerprint density at radius 2 is 1.50 bits per heavy atom. The minimum Gasteiger partial charge on any atom is -0.309 e. The molecule has 0 aliphatic carbocycles. The fraction of sp³-hybridized carbons (Fsp3) is 0.238. The van der Waals surface area contributed by atoms with E-state index in [1.165, 1.54) is 11.8 Å². The lowest BCUT2D eigenvalue weighted by Gasteiger charge is -2.18. The van der Waals surface area contributed by atoms with Crippen molar-refractivity contribution in [2.24, 2.45) is 0 Å². The molecule has 7 heteroatoms. The van der Waals surface area contributed by atoms with Crippen molar-refractivity contribution in [3.63, 3.8) is 0 Å². The maximum Gasteiger partial charge on any atom is 0.262 e. The van der Waals surface area contributed by atoms with Crippen molar-refractivity contribution in [1.82, 2.24) is 19.5 Å². The van der Waals surface area contributed by atoms with Crippen molar-refractivity contribution in [1.29, 1.82) is 0 Å². The van der Waals surface area contributed by atoms with Crippen LogP contribution < -0.4 is 11.1 Å². The Balaban J connectivity index is 1.80. The molecule has 2 aromatic carbocycles. The number of hydrogen-bond donors (Lipinski definition) is 1. The zero-order valence-electron chi connectivity index (χ0n) is 15.8. The fourth-order valence-corrected chi connectivity index (χ4v) is 4.27. The van der Waals surface area contributed by atoms with E-state index in [1.807, 2.05) is 57.2 Å². The van der Waals surface area contributed by atoms with Gasteiger partial charge in [0.1, 0.15) is 5.82 Å². The molecule has 0 radical (unpaired) electrons. The van der Waals surface area contributed by atoms with Crippen molar-refractivity contribution in [2.75, 3.05) is 0 Å². The van der Waals surface area contributed by atoms with Crippen molar-refractivity contribution >= 4 is 33.6 Å². The van der Waals surface area contributed by atoms with Gasteiger partial charge in [0.25, 0.3) is 11.1 Å².